The topological polar surface area (TPSA) is 70.6 Å². The molecule has 2 aromatic carbocycles. The van der Waals surface area contributed by atoms with E-state index in [1.165, 1.54) is 29.5 Å². The van der Waals surface area contributed by atoms with Gasteiger partial charge in [-0.2, -0.15) is 18.3 Å². The van der Waals surface area contributed by atoms with E-state index >= 15 is 0 Å². The van der Waals surface area contributed by atoms with E-state index in [-0.39, 0.29) is 5.69 Å². The van der Waals surface area contributed by atoms with Gasteiger partial charge in [0.15, 0.2) is 0 Å². The third-order valence-corrected chi connectivity index (χ3v) is 5.54. The Morgan fingerprint density at radius 2 is 1.83 bits per heavy atom. The monoisotopic (exact) mass is 439 g/mol. The Labute approximate surface area is 172 Å². The van der Waals surface area contributed by atoms with Crippen LogP contribution in [0.15, 0.2) is 53.6 Å². The molecule has 5 nitrogen and oxygen atoms in total. The van der Waals surface area contributed by atoms with E-state index in [4.69, 9.17) is 11.6 Å². The SMILES string of the molecule is CC(=NNC(=O)c1sc2ccccc2c1Cl)c1cccc(NC(=O)C(F)(F)F)c1. The van der Waals surface area contributed by atoms with Crippen molar-refractivity contribution >= 4 is 56.2 Å². The molecule has 0 unspecified atom stereocenters. The highest BCUT2D eigenvalue weighted by Crippen LogP contribution is 2.35. The summed E-state index contributed by atoms with van der Waals surface area (Å²) in [6.07, 6.45) is -4.99. The smallest absolute Gasteiger partial charge is 0.318 e. The average Bonchev–Trinajstić information content (AvgIpc) is 3.02. The molecular formula is C19H13ClF3N3O2S. The van der Waals surface area contributed by atoms with Crippen molar-refractivity contribution in [2.75, 3.05) is 5.32 Å². The number of hydrogen-bond donors (Lipinski definition) is 2. The first-order valence-electron chi connectivity index (χ1n) is 8.17. The van der Waals surface area contributed by atoms with Crippen molar-refractivity contribution in [2.45, 2.75) is 13.1 Å². The van der Waals surface area contributed by atoms with Crippen molar-refractivity contribution in [2.24, 2.45) is 5.10 Å². The maximum Gasteiger partial charge on any atom is 0.471 e. The van der Waals surface area contributed by atoms with E-state index in [1.54, 1.807) is 24.4 Å². The molecule has 0 aliphatic rings. The molecule has 0 aliphatic carbocycles. The summed E-state index contributed by atoms with van der Waals surface area (Å²) in [5.41, 5.74) is 3.10. The van der Waals surface area contributed by atoms with Crippen LogP contribution in [0.3, 0.4) is 0 Å². The van der Waals surface area contributed by atoms with Crippen LogP contribution in [0, 0.1) is 0 Å². The van der Waals surface area contributed by atoms with Crippen molar-refractivity contribution < 1.29 is 22.8 Å². The second-order valence-corrected chi connectivity index (χ2v) is 7.34. The number of carbonyl (C=O) groups excluding carboxylic acids is 2. The first kappa shape index (κ1) is 20.8. The fourth-order valence-electron chi connectivity index (χ4n) is 2.43. The van der Waals surface area contributed by atoms with Gasteiger partial charge in [0, 0.05) is 15.8 Å². The number of alkyl halides is 3. The van der Waals surface area contributed by atoms with Crippen LogP contribution in [0.4, 0.5) is 18.9 Å². The molecule has 3 rings (SSSR count). The summed E-state index contributed by atoms with van der Waals surface area (Å²) >= 11 is 7.48. The molecule has 0 spiro atoms. The molecule has 10 heteroatoms. The zero-order valence-electron chi connectivity index (χ0n) is 14.8. The number of nitrogens with one attached hydrogen (secondary N) is 2. The number of halogens is 4. The van der Waals surface area contributed by atoms with E-state index in [1.807, 2.05) is 18.2 Å². The molecular weight excluding hydrogens is 427 g/mol. The Balaban J connectivity index is 1.75. The lowest BCUT2D eigenvalue weighted by molar-refractivity contribution is -0.167. The molecule has 2 N–H and O–H groups in total. The van der Waals surface area contributed by atoms with E-state index in [2.05, 4.69) is 10.5 Å². The van der Waals surface area contributed by atoms with Crippen molar-refractivity contribution in [1.82, 2.24) is 5.43 Å². The van der Waals surface area contributed by atoms with Gasteiger partial charge < -0.3 is 5.32 Å². The van der Waals surface area contributed by atoms with Crippen LogP contribution >= 0.6 is 22.9 Å². The number of fused-ring (bicyclic) bond motifs is 1. The molecule has 0 atom stereocenters. The predicted octanol–water partition coefficient (Wildman–Crippen LogP) is 5.21. The number of hydrazone groups is 1. The Hall–Kier alpha value is -2.91. The lowest BCUT2D eigenvalue weighted by atomic mass is 10.1. The van der Waals surface area contributed by atoms with Crippen molar-refractivity contribution in [3.8, 4) is 0 Å². The summed E-state index contributed by atoms with van der Waals surface area (Å²) in [5, 5.41) is 6.84. The maximum absolute atomic E-state index is 12.4. The summed E-state index contributed by atoms with van der Waals surface area (Å²) in [4.78, 5) is 23.8. The fourth-order valence-corrected chi connectivity index (χ4v) is 3.84. The van der Waals surface area contributed by atoms with Crippen LogP contribution < -0.4 is 10.7 Å². The van der Waals surface area contributed by atoms with E-state index in [0.717, 1.165) is 10.1 Å². The molecule has 0 saturated heterocycles. The summed E-state index contributed by atoms with van der Waals surface area (Å²) in [6.45, 7) is 1.57. The number of thiophene rings is 1. The number of benzene rings is 2. The maximum atomic E-state index is 12.4. The third kappa shape index (κ3) is 4.75. The van der Waals surface area contributed by atoms with Gasteiger partial charge in [-0.3, -0.25) is 9.59 Å². The number of rotatable bonds is 4. The quantitative estimate of drug-likeness (QED) is 0.432. The first-order chi connectivity index (χ1) is 13.7. The highest BCUT2D eigenvalue weighted by atomic mass is 35.5. The van der Waals surface area contributed by atoms with Gasteiger partial charge in [0.2, 0.25) is 0 Å². The highest BCUT2D eigenvalue weighted by Gasteiger charge is 2.38. The largest absolute Gasteiger partial charge is 0.471 e. The number of amides is 2. The van der Waals surface area contributed by atoms with Crippen LogP contribution in [-0.4, -0.2) is 23.7 Å². The molecule has 29 heavy (non-hydrogen) atoms. The predicted molar refractivity (Wildman–Crippen MR) is 108 cm³/mol. The minimum absolute atomic E-state index is 0.0433. The minimum Gasteiger partial charge on any atom is -0.318 e. The molecule has 2 amide bonds. The number of hydrogen-bond acceptors (Lipinski definition) is 4. The van der Waals surface area contributed by atoms with E-state index in [0.29, 0.717) is 21.2 Å². The molecule has 0 aliphatic heterocycles. The first-order valence-corrected chi connectivity index (χ1v) is 9.36. The Morgan fingerprint density at radius 1 is 1.10 bits per heavy atom. The minimum atomic E-state index is -4.99. The van der Waals surface area contributed by atoms with Gasteiger partial charge in [0.25, 0.3) is 5.91 Å². The molecule has 0 fully saturated rings. The van der Waals surface area contributed by atoms with Gasteiger partial charge in [-0.1, -0.05) is 41.9 Å². The van der Waals surface area contributed by atoms with E-state index in [9.17, 15) is 22.8 Å². The molecule has 150 valence electrons. The summed E-state index contributed by atoms with van der Waals surface area (Å²) in [6, 6.07) is 13.0. The standard InChI is InChI=1S/C19H13ClF3N3O2S/c1-10(11-5-4-6-12(9-11)24-18(28)19(21,22)23)25-26-17(27)16-15(20)13-7-2-3-8-14(13)29-16/h2-9H,1H3,(H,24,28)(H,26,27). The van der Waals surface area contributed by atoms with Gasteiger partial charge in [-0.15, -0.1) is 11.3 Å². The Bertz CT molecular complexity index is 1130. The molecule has 1 heterocycles. The zero-order chi connectivity index (χ0) is 21.2. The second-order valence-electron chi connectivity index (χ2n) is 5.91. The lowest BCUT2D eigenvalue weighted by Crippen LogP contribution is -2.29. The summed E-state index contributed by atoms with van der Waals surface area (Å²) in [7, 11) is 0. The van der Waals surface area contributed by atoms with Crippen LogP contribution in [0.5, 0.6) is 0 Å². The van der Waals surface area contributed by atoms with Gasteiger partial charge in [0.05, 0.1) is 10.7 Å². The summed E-state index contributed by atoms with van der Waals surface area (Å²) < 4.78 is 38.0. The number of nitrogens with zero attached hydrogens (tertiary/aromatic N) is 1. The number of anilines is 1. The number of carbonyl (C=O) groups is 2. The lowest BCUT2D eigenvalue weighted by Gasteiger charge is -2.09. The molecule has 0 radical (unpaired) electrons. The highest BCUT2D eigenvalue weighted by molar-refractivity contribution is 7.21. The van der Waals surface area contributed by atoms with E-state index < -0.39 is 18.0 Å². The molecule has 0 saturated carbocycles. The van der Waals surface area contributed by atoms with Crippen LogP contribution in [-0.2, 0) is 4.79 Å². The molecule has 0 bridgehead atoms. The molecule has 1 aromatic heterocycles. The third-order valence-electron chi connectivity index (χ3n) is 3.86. The van der Waals surface area contributed by atoms with Crippen molar-refractivity contribution in [3.05, 3.63) is 64.0 Å². The second kappa shape index (κ2) is 8.22. The summed E-state index contributed by atoms with van der Waals surface area (Å²) in [5.74, 6) is -2.57. The normalized spacial score (nSPS) is 12.1. The fraction of sp³-hybridized carbons (Fsp3) is 0.105. The Morgan fingerprint density at radius 3 is 2.52 bits per heavy atom. The average molecular weight is 440 g/mol. The van der Waals surface area contributed by atoms with Gasteiger partial charge >= 0.3 is 12.1 Å². The van der Waals surface area contributed by atoms with Crippen molar-refractivity contribution in [3.63, 3.8) is 0 Å². The van der Waals surface area contributed by atoms with Gasteiger partial charge in [-0.05, 0) is 30.7 Å². The van der Waals surface area contributed by atoms with Crippen LogP contribution in [0.1, 0.15) is 22.2 Å². The van der Waals surface area contributed by atoms with Crippen LogP contribution in [0.2, 0.25) is 5.02 Å². The molecule has 3 aromatic rings. The zero-order valence-corrected chi connectivity index (χ0v) is 16.4. The Kier molecular flexibility index (Phi) is 5.90. The van der Waals surface area contributed by atoms with Crippen LogP contribution in [0.25, 0.3) is 10.1 Å². The van der Waals surface area contributed by atoms with Gasteiger partial charge in [0.1, 0.15) is 4.88 Å². The van der Waals surface area contributed by atoms with Crippen molar-refractivity contribution in [1.29, 1.82) is 0 Å². The van der Waals surface area contributed by atoms with Gasteiger partial charge in [-0.25, -0.2) is 5.43 Å².